The fraction of sp³-hybridized carbons (Fsp3) is 0.133. The van der Waals surface area contributed by atoms with Crippen molar-refractivity contribution in [1.82, 2.24) is 14.8 Å². The Morgan fingerprint density at radius 2 is 1.72 bits per heavy atom. The number of aryl methyl sites for hydroxylation is 1. The van der Waals surface area contributed by atoms with Gasteiger partial charge in [0.05, 0.1) is 34.4 Å². The molecule has 0 radical (unpaired) electrons. The Hall–Kier alpha value is -4.58. The lowest BCUT2D eigenvalue weighted by Gasteiger charge is -2.11. The van der Waals surface area contributed by atoms with Crippen LogP contribution in [0, 0.1) is 6.92 Å². The SMILES string of the molecule is CCc1ccc(-n2ncc(-c3cc(C(=O)Nc4cccc(C(C)=O)c4)c4ccccc4n3)c2C)cc1. The molecular formula is C30H26N4O2. The minimum absolute atomic E-state index is 0.0560. The highest BCUT2D eigenvalue weighted by molar-refractivity contribution is 6.13. The highest BCUT2D eigenvalue weighted by atomic mass is 16.1. The van der Waals surface area contributed by atoms with E-state index in [9.17, 15) is 9.59 Å². The summed E-state index contributed by atoms with van der Waals surface area (Å²) < 4.78 is 1.89. The Bertz CT molecular complexity index is 1600. The molecule has 0 saturated carbocycles. The molecule has 178 valence electrons. The number of rotatable bonds is 6. The number of aromatic nitrogens is 3. The van der Waals surface area contributed by atoms with E-state index in [2.05, 4.69) is 41.6 Å². The average molecular weight is 475 g/mol. The first-order valence-corrected chi connectivity index (χ1v) is 11.9. The third kappa shape index (κ3) is 4.41. The third-order valence-corrected chi connectivity index (χ3v) is 6.36. The summed E-state index contributed by atoms with van der Waals surface area (Å²) in [6, 6.07) is 24.7. The van der Waals surface area contributed by atoms with Crippen molar-refractivity contribution < 1.29 is 9.59 Å². The molecule has 0 atom stereocenters. The number of anilines is 1. The molecule has 6 heteroatoms. The van der Waals surface area contributed by atoms with Crippen LogP contribution < -0.4 is 5.32 Å². The highest BCUT2D eigenvalue weighted by Gasteiger charge is 2.18. The Balaban J connectivity index is 1.55. The van der Waals surface area contributed by atoms with E-state index in [1.807, 2.05) is 35.9 Å². The van der Waals surface area contributed by atoms with E-state index in [1.165, 1.54) is 12.5 Å². The number of ketones is 1. The molecule has 0 aliphatic heterocycles. The van der Waals surface area contributed by atoms with Gasteiger partial charge in [0.15, 0.2) is 5.78 Å². The van der Waals surface area contributed by atoms with Crippen molar-refractivity contribution in [1.29, 1.82) is 0 Å². The number of carbonyl (C=O) groups excluding carboxylic acids is 2. The molecule has 0 bridgehead atoms. The number of fused-ring (bicyclic) bond motifs is 1. The van der Waals surface area contributed by atoms with Crippen molar-refractivity contribution in [3.8, 4) is 16.9 Å². The van der Waals surface area contributed by atoms with Gasteiger partial charge in [-0.15, -0.1) is 0 Å². The number of amides is 1. The van der Waals surface area contributed by atoms with Crippen LogP contribution in [0.25, 0.3) is 27.8 Å². The van der Waals surface area contributed by atoms with Crippen LogP contribution in [0.5, 0.6) is 0 Å². The first-order valence-electron chi connectivity index (χ1n) is 11.9. The van der Waals surface area contributed by atoms with E-state index in [0.717, 1.165) is 34.3 Å². The zero-order valence-electron chi connectivity index (χ0n) is 20.4. The molecule has 5 aromatic rings. The minimum atomic E-state index is -0.268. The zero-order valence-corrected chi connectivity index (χ0v) is 20.4. The van der Waals surface area contributed by atoms with Gasteiger partial charge in [-0.2, -0.15) is 5.10 Å². The molecule has 0 spiro atoms. The Morgan fingerprint density at radius 1 is 0.944 bits per heavy atom. The summed E-state index contributed by atoms with van der Waals surface area (Å²) >= 11 is 0. The Kier molecular flexibility index (Phi) is 6.17. The molecule has 3 aromatic carbocycles. The largest absolute Gasteiger partial charge is 0.322 e. The fourth-order valence-electron chi connectivity index (χ4n) is 4.31. The Morgan fingerprint density at radius 3 is 2.47 bits per heavy atom. The van der Waals surface area contributed by atoms with Crippen molar-refractivity contribution in [2.24, 2.45) is 0 Å². The van der Waals surface area contributed by atoms with Crippen LogP contribution in [-0.4, -0.2) is 26.5 Å². The lowest BCUT2D eigenvalue weighted by Crippen LogP contribution is -2.13. The van der Waals surface area contributed by atoms with E-state index < -0.39 is 0 Å². The maximum atomic E-state index is 13.4. The number of carbonyl (C=O) groups is 2. The van der Waals surface area contributed by atoms with Crippen molar-refractivity contribution in [3.63, 3.8) is 0 Å². The average Bonchev–Trinajstić information content (AvgIpc) is 3.29. The van der Waals surface area contributed by atoms with Gasteiger partial charge in [-0.1, -0.05) is 49.4 Å². The summed E-state index contributed by atoms with van der Waals surface area (Å²) in [5.74, 6) is -0.324. The number of hydrogen-bond donors (Lipinski definition) is 1. The molecule has 5 rings (SSSR count). The summed E-state index contributed by atoms with van der Waals surface area (Å²) in [7, 11) is 0. The normalized spacial score (nSPS) is 11.0. The minimum Gasteiger partial charge on any atom is -0.322 e. The molecule has 36 heavy (non-hydrogen) atoms. The molecule has 6 nitrogen and oxygen atoms in total. The predicted molar refractivity (Wildman–Crippen MR) is 143 cm³/mol. The third-order valence-electron chi connectivity index (χ3n) is 6.36. The van der Waals surface area contributed by atoms with Crippen molar-refractivity contribution in [2.45, 2.75) is 27.2 Å². The lowest BCUT2D eigenvalue weighted by atomic mass is 10.0. The second-order valence-corrected chi connectivity index (χ2v) is 8.74. The summed E-state index contributed by atoms with van der Waals surface area (Å²) in [6.45, 7) is 5.63. The van der Waals surface area contributed by atoms with E-state index in [0.29, 0.717) is 22.5 Å². The molecule has 0 unspecified atom stereocenters. The first kappa shape index (κ1) is 23.2. The molecule has 0 aliphatic carbocycles. The van der Waals surface area contributed by atoms with Crippen molar-refractivity contribution in [2.75, 3.05) is 5.32 Å². The van der Waals surface area contributed by atoms with E-state index in [4.69, 9.17) is 4.98 Å². The highest BCUT2D eigenvalue weighted by Crippen LogP contribution is 2.29. The lowest BCUT2D eigenvalue weighted by molar-refractivity contribution is 0.101. The molecule has 0 saturated heterocycles. The van der Waals surface area contributed by atoms with Crippen LogP contribution in [-0.2, 0) is 6.42 Å². The van der Waals surface area contributed by atoms with Gasteiger partial charge in [0, 0.05) is 22.2 Å². The number of benzene rings is 3. The monoisotopic (exact) mass is 474 g/mol. The summed E-state index contributed by atoms with van der Waals surface area (Å²) in [6.07, 6.45) is 2.77. The zero-order chi connectivity index (χ0) is 25.2. The van der Waals surface area contributed by atoms with Crippen LogP contribution in [0.15, 0.2) is 85.1 Å². The van der Waals surface area contributed by atoms with Gasteiger partial charge >= 0.3 is 0 Å². The van der Waals surface area contributed by atoms with Gasteiger partial charge in [0.25, 0.3) is 5.91 Å². The number of para-hydroxylation sites is 1. The summed E-state index contributed by atoms with van der Waals surface area (Å²) in [5.41, 5.74) is 7.03. The van der Waals surface area contributed by atoms with Gasteiger partial charge < -0.3 is 5.32 Å². The second kappa shape index (κ2) is 9.58. The molecule has 2 heterocycles. The van der Waals surface area contributed by atoms with Crippen LogP contribution in [0.2, 0.25) is 0 Å². The number of nitrogens with one attached hydrogen (secondary N) is 1. The van der Waals surface area contributed by atoms with Crippen molar-refractivity contribution >= 4 is 28.3 Å². The maximum absolute atomic E-state index is 13.4. The second-order valence-electron chi connectivity index (χ2n) is 8.74. The summed E-state index contributed by atoms with van der Waals surface area (Å²) in [5, 5.41) is 8.30. The van der Waals surface area contributed by atoms with E-state index >= 15 is 0 Å². The van der Waals surface area contributed by atoms with Crippen LogP contribution in [0.1, 0.15) is 45.8 Å². The standard InChI is InChI=1S/C30H26N4O2/c1-4-21-12-14-24(15-13-21)34-19(2)27(18-31-34)29-17-26(25-10-5-6-11-28(25)33-29)30(36)32-23-9-7-8-22(16-23)20(3)35/h5-18H,4H2,1-3H3,(H,32,36). The predicted octanol–water partition coefficient (Wildman–Crippen LogP) is 6.41. The number of Topliss-reactive ketones (excluding diaryl/α,β-unsaturated/α-hetero) is 1. The first-order chi connectivity index (χ1) is 17.4. The number of nitrogens with zero attached hydrogens (tertiary/aromatic N) is 3. The quantitative estimate of drug-likeness (QED) is 0.288. The topological polar surface area (TPSA) is 76.9 Å². The van der Waals surface area contributed by atoms with Crippen LogP contribution in [0.3, 0.4) is 0 Å². The molecule has 1 amide bonds. The van der Waals surface area contributed by atoms with Crippen LogP contribution >= 0.6 is 0 Å². The van der Waals surface area contributed by atoms with Gasteiger partial charge in [-0.25, -0.2) is 9.67 Å². The smallest absolute Gasteiger partial charge is 0.256 e. The van der Waals surface area contributed by atoms with E-state index in [-0.39, 0.29) is 11.7 Å². The van der Waals surface area contributed by atoms with E-state index in [1.54, 1.807) is 36.5 Å². The fourth-order valence-corrected chi connectivity index (χ4v) is 4.31. The molecule has 2 aromatic heterocycles. The maximum Gasteiger partial charge on any atom is 0.256 e. The molecule has 0 aliphatic rings. The number of hydrogen-bond acceptors (Lipinski definition) is 4. The summed E-state index contributed by atoms with van der Waals surface area (Å²) in [4.78, 5) is 30.0. The van der Waals surface area contributed by atoms with Gasteiger partial charge in [0.1, 0.15) is 0 Å². The molecular weight excluding hydrogens is 448 g/mol. The Labute approximate surface area is 209 Å². The van der Waals surface area contributed by atoms with Crippen LogP contribution in [0.4, 0.5) is 5.69 Å². The van der Waals surface area contributed by atoms with Gasteiger partial charge in [-0.05, 0) is 62.2 Å². The molecule has 0 fully saturated rings. The van der Waals surface area contributed by atoms with Gasteiger partial charge in [-0.3, -0.25) is 9.59 Å². The van der Waals surface area contributed by atoms with Crippen molar-refractivity contribution in [3.05, 3.63) is 107 Å². The molecule has 1 N–H and O–H groups in total. The van der Waals surface area contributed by atoms with Gasteiger partial charge in [0.2, 0.25) is 0 Å². The number of pyridine rings is 1.